The maximum atomic E-state index is 13.0. The normalized spacial score (nSPS) is 11.8. The van der Waals surface area contributed by atoms with Crippen LogP contribution in [0.1, 0.15) is 33.3 Å². The van der Waals surface area contributed by atoms with Crippen molar-refractivity contribution in [1.29, 1.82) is 0 Å². The van der Waals surface area contributed by atoms with E-state index in [1.165, 1.54) is 12.1 Å². The summed E-state index contributed by atoms with van der Waals surface area (Å²) in [6.07, 6.45) is 0. The Morgan fingerprint density at radius 2 is 1.61 bits per heavy atom. The second-order valence-corrected chi connectivity index (χ2v) is 5.53. The Labute approximate surface area is 109 Å². The zero-order chi connectivity index (χ0) is 13.7. The van der Waals surface area contributed by atoms with Crippen LogP contribution in [0.4, 0.5) is 8.78 Å². The van der Waals surface area contributed by atoms with E-state index in [9.17, 15) is 8.78 Å². The van der Waals surface area contributed by atoms with Crippen molar-refractivity contribution in [3.63, 3.8) is 0 Å². The van der Waals surface area contributed by atoms with E-state index >= 15 is 0 Å². The van der Waals surface area contributed by atoms with Crippen molar-refractivity contribution in [2.75, 3.05) is 6.54 Å². The lowest BCUT2D eigenvalue weighted by atomic mass is 9.85. The molecule has 3 heteroatoms. The average Bonchev–Trinajstić information content (AvgIpc) is 2.28. The fraction of sp³-hybridized carbons (Fsp3) is 0.600. The molecule has 0 unspecified atom stereocenters. The molecule has 1 nitrogen and oxygen atoms in total. The predicted molar refractivity (Wildman–Crippen MR) is 71.2 cm³/mol. The molecule has 0 heterocycles. The molecule has 0 aliphatic heterocycles. The molecule has 0 bridgehead atoms. The van der Waals surface area contributed by atoms with E-state index < -0.39 is 11.6 Å². The summed E-state index contributed by atoms with van der Waals surface area (Å²) in [5.74, 6) is 0.250. The van der Waals surface area contributed by atoms with Crippen molar-refractivity contribution in [2.24, 2.45) is 17.8 Å². The standard InChI is InChI=1S/C15H23F2N/c1-10(2)13(11(3)4)9-18-8-12-5-6-14(16)15(17)7-12/h5-7,10-11,13,18H,8-9H2,1-4H3. The molecule has 0 saturated carbocycles. The van der Waals surface area contributed by atoms with Gasteiger partial charge in [-0.3, -0.25) is 0 Å². The highest BCUT2D eigenvalue weighted by molar-refractivity contribution is 5.17. The molecule has 0 spiro atoms. The van der Waals surface area contributed by atoms with Crippen LogP contribution >= 0.6 is 0 Å². The number of rotatable bonds is 6. The van der Waals surface area contributed by atoms with Gasteiger partial charge in [0, 0.05) is 6.54 Å². The van der Waals surface area contributed by atoms with Crippen molar-refractivity contribution in [3.05, 3.63) is 35.4 Å². The van der Waals surface area contributed by atoms with Crippen LogP contribution in [0.15, 0.2) is 18.2 Å². The van der Waals surface area contributed by atoms with Gasteiger partial charge < -0.3 is 5.32 Å². The average molecular weight is 255 g/mol. The van der Waals surface area contributed by atoms with Crippen LogP contribution in [0.3, 0.4) is 0 Å². The summed E-state index contributed by atoms with van der Waals surface area (Å²) in [7, 11) is 0. The molecule has 1 N–H and O–H groups in total. The number of nitrogens with one attached hydrogen (secondary N) is 1. The van der Waals surface area contributed by atoms with Gasteiger partial charge in [0.2, 0.25) is 0 Å². The number of hydrogen-bond donors (Lipinski definition) is 1. The summed E-state index contributed by atoms with van der Waals surface area (Å²) in [5.41, 5.74) is 0.778. The molecule has 1 rings (SSSR count). The van der Waals surface area contributed by atoms with Crippen LogP contribution in [0.25, 0.3) is 0 Å². The largest absolute Gasteiger partial charge is 0.312 e. The summed E-state index contributed by atoms with van der Waals surface area (Å²) in [6.45, 7) is 10.3. The van der Waals surface area contributed by atoms with E-state index in [1.807, 2.05) is 0 Å². The highest BCUT2D eigenvalue weighted by Gasteiger charge is 2.16. The maximum Gasteiger partial charge on any atom is 0.159 e. The Kier molecular flexibility index (Phi) is 5.73. The Hall–Kier alpha value is -0.960. The highest BCUT2D eigenvalue weighted by atomic mass is 19.2. The van der Waals surface area contributed by atoms with Crippen LogP contribution < -0.4 is 5.32 Å². The van der Waals surface area contributed by atoms with Gasteiger partial charge in [0.05, 0.1) is 0 Å². The van der Waals surface area contributed by atoms with Crippen molar-refractivity contribution in [2.45, 2.75) is 34.2 Å². The molecule has 0 saturated heterocycles. The SMILES string of the molecule is CC(C)C(CNCc1ccc(F)c(F)c1)C(C)C. The van der Waals surface area contributed by atoms with E-state index in [0.29, 0.717) is 24.3 Å². The minimum atomic E-state index is -0.791. The summed E-state index contributed by atoms with van der Waals surface area (Å²) in [4.78, 5) is 0. The second-order valence-electron chi connectivity index (χ2n) is 5.53. The van der Waals surface area contributed by atoms with Gasteiger partial charge in [-0.25, -0.2) is 8.78 Å². The first-order chi connectivity index (χ1) is 8.41. The first-order valence-electron chi connectivity index (χ1n) is 6.56. The third-order valence-electron chi connectivity index (χ3n) is 3.41. The first kappa shape index (κ1) is 15.1. The minimum Gasteiger partial charge on any atom is -0.312 e. The van der Waals surface area contributed by atoms with E-state index in [4.69, 9.17) is 0 Å². The summed E-state index contributed by atoms with van der Waals surface area (Å²) in [6, 6.07) is 4.04. The topological polar surface area (TPSA) is 12.0 Å². The fourth-order valence-corrected chi connectivity index (χ4v) is 2.27. The van der Waals surface area contributed by atoms with E-state index in [2.05, 4.69) is 33.0 Å². The van der Waals surface area contributed by atoms with Gasteiger partial charge in [0.1, 0.15) is 0 Å². The van der Waals surface area contributed by atoms with Crippen molar-refractivity contribution < 1.29 is 8.78 Å². The van der Waals surface area contributed by atoms with Crippen LogP contribution in [-0.2, 0) is 6.54 Å². The molecule has 18 heavy (non-hydrogen) atoms. The number of halogens is 2. The van der Waals surface area contributed by atoms with Crippen molar-refractivity contribution in [1.82, 2.24) is 5.32 Å². The Morgan fingerprint density at radius 3 is 2.11 bits per heavy atom. The van der Waals surface area contributed by atoms with Crippen molar-refractivity contribution in [3.8, 4) is 0 Å². The van der Waals surface area contributed by atoms with Crippen molar-refractivity contribution >= 4 is 0 Å². The van der Waals surface area contributed by atoms with Gasteiger partial charge >= 0.3 is 0 Å². The third kappa shape index (κ3) is 4.37. The van der Waals surface area contributed by atoms with Gasteiger partial charge in [-0.1, -0.05) is 33.8 Å². The third-order valence-corrected chi connectivity index (χ3v) is 3.41. The summed E-state index contributed by atoms with van der Waals surface area (Å²) < 4.78 is 25.8. The molecule has 0 amide bonds. The molecule has 0 aliphatic carbocycles. The molecule has 0 aromatic heterocycles. The fourth-order valence-electron chi connectivity index (χ4n) is 2.27. The predicted octanol–water partition coefficient (Wildman–Crippen LogP) is 3.98. The smallest absolute Gasteiger partial charge is 0.159 e. The molecule has 102 valence electrons. The molecule has 1 aromatic rings. The second kappa shape index (κ2) is 6.83. The quantitative estimate of drug-likeness (QED) is 0.810. The van der Waals surface area contributed by atoms with E-state index in [-0.39, 0.29) is 0 Å². The van der Waals surface area contributed by atoms with Crippen LogP contribution in [0.2, 0.25) is 0 Å². The molecule has 1 aromatic carbocycles. The Balaban J connectivity index is 2.47. The van der Waals surface area contributed by atoms with Gasteiger partial charge in [-0.15, -0.1) is 0 Å². The summed E-state index contributed by atoms with van der Waals surface area (Å²) >= 11 is 0. The molecular formula is C15H23F2N. The highest BCUT2D eigenvalue weighted by Crippen LogP contribution is 2.19. The number of hydrogen-bond acceptors (Lipinski definition) is 1. The lowest BCUT2D eigenvalue weighted by Gasteiger charge is -2.25. The molecular weight excluding hydrogens is 232 g/mol. The zero-order valence-electron chi connectivity index (χ0n) is 11.6. The number of benzene rings is 1. The molecule has 0 fully saturated rings. The van der Waals surface area contributed by atoms with E-state index in [0.717, 1.165) is 12.1 Å². The maximum absolute atomic E-state index is 13.0. The Morgan fingerprint density at radius 1 is 1.00 bits per heavy atom. The lowest BCUT2D eigenvalue weighted by Crippen LogP contribution is -2.29. The Bertz CT molecular complexity index is 367. The van der Waals surface area contributed by atoms with Gasteiger partial charge in [0.15, 0.2) is 11.6 Å². The molecule has 0 radical (unpaired) electrons. The first-order valence-corrected chi connectivity index (χ1v) is 6.56. The molecule has 0 aliphatic rings. The zero-order valence-corrected chi connectivity index (χ0v) is 11.6. The summed E-state index contributed by atoms with van der Waals surface area (Å²) in [5, 5.41) is 3.32. The van der Waals surface area contributed by atoms with Gasteiger partial charge in [-0.05, 0) is 42.0 Å². The van der Waals surface area contributed by atoms with Crippen LogP contribution in [0.5, 0.6) is 0 Å². The minimum absolute atomic E-state index is 0.577. The van der Waals surface area contributed by atoms with Gasteiger partial charge in [-0.2, -0.15) is 0 Å². The van der Waals surface area contributed by atoms with Crippen LogP contribution in [0, 0.1) is 29.4 Å². The van der Waals surface area contributed by atoms with E-state index in [1.54, 1.807) is 6.07 Å². The lowest BCUT2D eigenvalue weighted by molar-refractivity contribution is 0.275. The molecule has 0 atom stereocenters. The van der Waals surface area contributed by atoms with Gasteiger partial charge in [0.25, 0.3) is 0 Å². The monoisotopic (exact) mass is 255 g/mol. The van der Waals surface area contributed by atoms with Crippen LogP contribution in [-0.4, -0.2) is 6.54 Å².